The number of anilines is 1. The lowest BCUT2D eigenvalue weighted by Gasteiger charge is -2.54. The van der Waals surface area contributed by atoms with Gasteiger partial charge in [0.15, 0.2) is 0 Å². The molecule has 2 saturated carbocycles. The number of piperidine rings is 2. The minimum Gasteiger partial charge on any atom is -0.377 e. The molecule has 2 aromatic carbocycles. The molecule has 4 bridgehead atoms. The van der Waals surface area contributed by atoms with Crippen molar-refractivity contribution in [1.29, 1.82) is 0 Å². The Morgan fingerprint density at radius 3 is 2.57 bits per heavy atom. The molecule has 0 aromatic heterocycles. The maximum Gasteiger partial charge on any atom is 0.0671 e. The van der Waals surface area contributed by atoms with Crippen LogP contribution in [0.3, 0.4) is 0 Å². The highest BCUT2D eigenvalue weighted by Crippen LogP contribution is 2.63. The second-order valence-electron chi connectivity index (χ2n) is 15.4. The van der Waals surface area contributed by atoms with Gasteiger partial charge in [-0.3, -0.25) is 14.8 Å². The second-order valence-corrected chi connectivity index (χ2v) is 15.4. The van der Waals surface area contributed by atoms with Crippen molar-refractivity contribution in [2.75, 3.05) is 31.5 Å². The number of hydrogen-bond donors (Lipinski definition) is 1. The van der Waals surface area contributed by atoms with Crippen LogP contribution in [0, 0.1) is 29.6 Å². The van der Waals surface area contributed by atoms with E-state index in [-0.39, 0.29) is 10.8 Å². The fourth-order valence-electron chi connectivity index (χ4n) is 12.7. The van der Waals surface area contributed by atoms with Gasteiger partial charge in [-0.05, 0) is 91.6 Å². The topological polar surface area (TPSA) is 30.9 Å². The molecule has 2 aromatic rings. The van der Waals surface area contributed by atoms with Gasteiger partial charge in [0.25, 0.3) is 0 Å². The molecular weight excluding hydrogens is 512 g/mol. The molecule has 10 atom stereocenters. The highest BCUT2D eigenvalue weighted by atomic mass is 15.2. The molecule has 0 amide bonds. The monoisotopic (exact) mass is 558 g/mol. The van der Waals surface area contributed by atoms with Gasteiger partial charge in [-0.2, -0.15) is 0 Å². The van der Waals surface area contributed by atoms with Crippen LogP contribution in [0.2, 0.25) is 0 Å². The lowest BCUT2D eigenvalue weighted by Crippen LogP contribution is -2.61. The fraction of sp³-hybridized carbons (Fsp3) is 0.605. The van der Waals surface area contributed by atoms with E-state index in [9.17, 15) is 0 Å². The summed E-state index contributed by atoms with van der Waals surface area (Å²) in [5, 5.41) is 4.25. The molecule has 6 fully saturated rings. The van der Waals surface area contributed by atoms with Gasteiger partial charge in [-0.25, -0.2) is 0 Å². The molecular formula is C38H46N4. The number of aliphatic imine (C=N–C) groups is 1. The maximum absolute atomic E-state index is 5.60. The zero-order valence-electron chi connectivity index (χ0n) is 25.5. The van der Waals surface area contributed by atoms with Gasteiger partial charge >= 0.3 is 0 Å². The first-order valence-electron chi connectivity index (χ1n) is 17.3. The summed E-state index contributed by atoms with van der Waals surface area (Å²) in [6.45, 7) is 14.8. The average Bonchev–Trinajstić information content (AvgIpc) is 3.78. The second kappa shape index (κ2) is 8.39. The molecule has 6 heterocycles. The Bertz CT molecular complexity index is 1540. The predicted octanol–water partition coefficient (Wildman–Crippen LogP) is 6.73. The van der Waals surface area contributed by atoms with Crippen LogP contribution in [-0.2, 0) is 17.3 Å². The summed E-state index contributed by atoms with van der Waals surface area (Å²) in [6, 6.07) is 18.3. The zero-order valence-corrected chi connectivity index (χ0v) is 25.5. The summed E-state index contributed by atoms with van der Waals surface area (Å²) in [4.78, 5) is 11.3. The molecule has 2 spiro atoms. The van der Waals surface area contributed by atoms with Crippen molar-refractivity contribution in [1.82, 2.24) is 9.80 Å². The molecule has 4 nitrogen and oxygen atoms in total. The van der Waals surface area contributed by atoms with Crippen LogP contribution in [0.5, 0.6) is 0 Å². The summed E-state index contributed by atoms with van der Waals surface area (Å²) >= 11 is 0. The van der Waals surface area contributed by atoms with Crippen LogP contribution in [0.25, 0.3) is 0 Å². The Hall–Kier alpha value is -2.43. The number of benzene rings is 2. The van der Waals surface area contributed by atoms with Gasteiger partial charge in [-0.1, -0.05) is 75.2 Å². The maximum atomic E-state index is 5.60. The van der Waals surface area contributed by atoms with Crippen LogP contribution in [-0.4, -0.2) is 59.8 Å². The number of fused-ring (bicyclic) bond motifs is 4. The van der Waals surface area contributed by atoms with Crippen molar-refractivity contribution in [2.45, 2.75) is 87.7 Å². The molecule has 0 unspecified atom stereocenters. The predicted molar refractivity (Wildman–Crippen MR) is 171 cm³/mol. The third kappa shape index (κ3) is 2.77. The van der Waals surface area contributed by atoms with Crippen LogP contribution < -0.4 is 5.32 Å². The zero-order chi connectivity index (χ0) is 28.0. The van der Waals surface area contributed by atoms with Crippen molar-refractivity contribution in [3.05, 3.63) is 71.3 Å². The molecule has 10 rings (SSSR count). The summed E-state index contributed by atoms with van der Waals surface area (Å²) in [5.41, 5.74) is 10.9. The normalized spacial score (nSPS) is 43.9. The van der Waals surface area contributed by atoms with Crippen molar-refractivity contribution >= 4 is 17.1 Å². The summed E-state index contributed by atoms with van der Waals surface area (Å²) < 4.78 is 0. The Labute approximate surface area is 251 Å². The van der Waals surface area contributed by atoms with Crippen LogP contribution in [0.4, 0.5) is 11.4 Å². The molecule has 6 aliphatic heterocycles. The van der Waals surface area contributed by atoms with E-state index in [1.165, 1.54) is 87.2 Å². The number of rotatable bonds is 4. The van der Waals surface area contributed by atoms with E-state index in [2.05, 4.69) is 71.4 Å². The third-order valence-electron chi connectivity index (χ3n) is 14.5. The minimum atomic E-state index is 0.140. The van der Waals surface area contributed by atoms with Crippen LogP contribution in [0.1, 0.15) is 69.1 Å². The van der Waals surface area contributed by atoms with Gasteiger partial charge in [0.2, 0.25) is 0 Å². The van der Waals surface area contributed by atoms with Crippen LogP contribution in [0.15, 0.2) is 59.6 Å². The minimum absolute atomic E-state index is 0.140. The standard InChI is InChI=1S/C38H46N4/c1-4-23-20-41-16-14-38-30-11-8-9-25(34(30)40-35(38)22(3)26(23)18-32(38)41)17-28-27-19-33-37(13-15-42(33)21-24(27)5-2)29-10-6-7-12-31(29)39-36(28)37/h6-12,23-24,26-28,32-33,35,40H,3-5,13-21H2,1-2H3/t23-,24-,26-,27+,28+,32+,33+,35+,37-,38-/m1/s1. The van der Waals surface area contributed by atoms with E-state index >= 15 is 0 Å². The van der Waals surface area contributed by atoms with E-state index in [4.69, 9.17) is 11.6 Å². The first-order valence-corrected chi connectivity index (χ1v) is 17.3. The first-order chi connectivity index (χ1) is 20.6. The summed E-state index contributed by atoms with van der Waals surface area (Å²) in [7, 11) is 0. The van der Waals surface area contributed by atoms with Gasteiger partial charge in [0.05, 0.1) is 17.1 Å². The highest BCUT2D eigenvalue weighted by molar-refractivity contribution is 6.05. The molecule has 1 N–H and O–H groups in total. The van der Waals surface area contributed by atoms with E-state index in [0.29, 0.717) is 30.0 Å². The number of nitrogens with one attached hydrogen (secondary N) is 1. The molecule has 4 saturated heterocycles. The fourth-order valence-corrected chi connectivity index (χ4v) is 12.7. The summed E-state index contributed by atoms with van der Waals surface area (Å²) in [6.07, 6.45) is 8.88. The number of para-hydroxylation sites is 2. The highest BCUT2D eigenvalue weighted by Gasteiger charge is 2.66. The molecule has 8 aliphatic rings. The Kier molecular flexibility index (Phi) is 4.98. The SMILES string of the molecule is C=C1[C@H]2C[C@@H]3N(CC[C@@]34c3cccc(C[C@@H]5C6=Nc7ccccc7[C@@]67CCN6C[C@@H](CC)[C@@H]5C[C@H]67)c3N[C@@H]14)C[C@H]2CC. The van der Waals surface area contributed by atoms with Crippen molar-refractivity contribution in [3.8, 4) is 0 Å². The van der Waals surface area contributed by atoms with Gasteiger partial charge in [0.1, 0.15) is 0 Å². The molecule has 0 radical (unpaired) electrons. The van der Waals surface area contributed by atoms with Gasteiger partial charge < -0.3 is 5.32 Å². The third-order valence-corrected chi connectivity index (χ3v) is 14.5. The van der Waals surface area contributed by atoms with E-state index < -0.39 is 0 Å². The number of nitrogens with zero attached hydrogens (tertiary/aromatic N) is 3. The summed E-state index contributed by atoms with van der Waals surface area (Å²) in [5.74, 6) is 3.48. The average molecular weight is 559 g/mol. The Morgan fingerprint density at radius 1 is 0.905 bits per heavy atom. The Morgan fingerprint density at radius 2 is 1.69 bits per heavy atom. The van der Waals surface area contributed by atoms with Crippen LogP contribution >= 0.6 is 0 Å². The van der Waals surface area contributed by atoms with E-state index in [1.807, 2.05) is 0 Å². The van der Waals surface area contributed by atoms with Crippen molar-refractivity contribution < 1.29 is 0 Å². The first kappa shape index (κ1) is 25.0. The largest absolute Gasteiger partial charge is 0.377 e. The lowest BCUT2D eigenvalue weighted by molar-refractivity contribution is 0.0421. The van der Waals surface area contributed by atoms with Gasteiger partial charge in [-0.15, -0.1) is 0 Å². The quantitative estimate of drug-likeness (QED) is 0.423. The lowest BCUT2D eigenvalue weighted by atomic mass is 9.54. The molecule has 4 heteroatoms. The smallest absolute Gasteiger partial charge is 0.0671 e. The van der Waals surface area contributed by atoms with Gasteiger partial charge in [0, 0.05) is 47.9 Å². The van der Waals surface area contributed by atoms with Crippen molar-refractivity contribution in [2.24, 2.45) is 34.6 Å². The van der Waals surface area contributed by atoms with E-state index in [1.54, 1.807) is 16.8 Å². The Balaban J connectivity index is 1.08. The molecule has 218 valence electrons. The van der Waals surface area contributed by atoms with E-state index in [0.717, 1.165) is 24.2 Å². The van der Waals surface area contributed by atoms with Crippen molar-refractivity contribution in [3.63, 3.8) is 0 Å². The molecule has 42 heavy (non-hydrogen) atoms. The number of hydrogen-bond acceptors (Lipinski definition) is 4. The molecule has 2 aliphatic carbocycles.